The molecule has 0 saturated carbocycles. The van der Waals surface area contributed by atoms with E-state index in [-0.39, 0.29) is 24.8 Å². The van der Waals surface area contributed by atoms with Crippen LogP contribution in [0.2, 0.25) is 20.9 Å². The van der Waals surface area contributed by atoms with Gasteiger partial charge in [0.2, 0.25) is 0 Å². The molecule has 108 valence electrons. The van der Waals surface area contributed by atoms with E-state index in [1.807, 2.05) is 3.28 Å². The molecule has 4 heteroatoms. The second-order valence-electron chi connectivity index (χ2n) is 5.92. The van der Waals surface area contributed by atoms with E-state index in [0.717, 1.165) is 0 Å². The fourth-order valence-electron chi connectivity index (χ4n) is 3.80. The van der Waals surface area contributed by atoms with Crippen LogP contribution in [0.3, 0.4) is 0 Å². The topological polar surface area (TPSA) is 0 Å². The average Bonchev–Trinajstić information content (AvgIpc) is 2.96. The molecule has 0 N–H and O–H groups in total. The van der Waals surface area contributed by atoms with Crippen LogP contribution in [0, 0.1) is 0 Å². The first-order valence-electron chi connectivity index (χ1n) is 7.31. The summed E-state index contributed by atoms with van der Waals surface area (Å²) in [4.78, 5) is 0. The van der Waals surface area contributed by atoms with E-state index in [1.54, 1.807) is 18.1 Å². The first kappa shape index (κ1) is 18.7. The van der Waals surface area contributed by atoms with Crippen LogP contribution >= 0.6 is 0 Å². The van der Waals surface area contributed by atoms with E-state index in [4.69, 9.17) is 0 Å². The van der Waals surface area contributed by atoms with Crippen molar-refractivity contribution in [3.63, 3.8) is 0 Å². The Morgan fingerprint density at radius 2 is 1.85 bits per heavy atom. The van der Waals surface area contributed by atoms with Gasteiger partial charge in [-0.15, -0.1) is 0 Å². The van der Waals surface area contributed by atoms with Crippen molar-refractivity contribution < 1.29 is 48.0 Å². The van der Waals surface area contributed by atoms with Gasteiger partial charge >= 0.3 is 124 Å². The monoisotopic (exact) mass is 402 g/mol. The van der Waals surface area contributed by atoms with Crippen molar-refractivity contribution in [2.45, 2.75) is 47.1 Å². The zero-order valence-corrected chi connectivity index (χ0v) is 17.0. The molecule has 20 heavy (non-hydrogen) atoms. The second-order valence-corrected chi connectivity index (χ2v) is 16.3. The van der Waals surface area contributed by atoms with Gasteiger partial charge in [-0.1, -0.05) is 0 Å². The Morgan fingerprint density at radius 1 is 1.15 bits per heavy atom. The molecule has 0 bridgehead atoms. The van der Waals surface area contributed by atoms with Crippen LogP contribution in [0.5, 0.6) is 0 Å². The molecule has 0 radical (unpaired) electrons. The van der Waals surface area contributed by atoms with Gasteiger partial charge in [-0.05, 0) is 0 Å². The first-order valence-corrected chi connectivity index (χ1v) is 12.4. The van der Waals surface area contributed by atoms with Crippen molar-refractivity contribution in [3.8, 4) is 0 Å². The third kappa shape index (κ3) is 3.19. The summed E-state index contributed by atoms with van der Waals surface area (Å²) in [5, 5.41) is 0. The molecule has 0 amide bonds. The normalized spacial score (nSPS) is 23.4. The van der Waals surface area contributed by atoms with Crippen LogP contribution in [0.1, 0.15) is 26.2 Å². The molecule has 1 heterocycles. The molecule has 0 nitrogen and oxygen atoms in total. The van der Waals surface area contributed by atoms with Crippen LogP contribution in [0.25, 0.3) is 0 Å². The molecule has 3 rings (SSSR count). The third-order valence-corrected chi connectivity index (χ3v) is 19.2. The van der Waals surface area contributed by atoms with Gasteiger partial charge in [-0.2, -0.15) is 0 Å². The van der Waals surface area contributed by atoms with E-state index in [1.165, 1.54) is 19.3 Å². The van der Waals surface area contributed by atoms with Gasteiger partial charge < -0.3 is 24.8 Å². The number of rotatable bonds is 5. The van der Waals surface area contributed by atoms with Crippen molar-refractivity contribution in [2.75, 3.05) is 0 Å². The molecular formula is C16H22Cl2SiZr. The summed E-state index contributed by atoms with van der Waals surface area (Å²) in [6.07, 6.45) is 21.2. The number of allylic oxidation sites excluding steroid dienone is 8. The summed E-state index contributed by atoms with van der Waals surface area (Å²) in [6, 6.07) is 4.79. The largest absolute Gasteiger partial charge is 1.00 e. The second kappa shape index (κ2) is 7.77. The van der Waals surface area contributed by atoms with Crippen molar-refractivity contribution in [2.24, 2.45) is 0 Å². The van der Waals surface area contributed by atoms with Crippen LogP contribution in [0.15, 0.2) is 45.8 Å². The van der Waals surface area contributed by atoms with Crippen molar-refractivity contribution in [3.05, 3.63) is 45.8 Å². The van der Waals surface area contributed by atoms with Crippen LogP contribution in [-0.2, 0) is 23.2 Å². The average molecular weight is 405 g/mol. The minimum atomic E-state index is -0.994. The Bertz CT molecular complexity index is 435. The van der Waals surface area contributed by atoms with Gasteiger partial charge in [-0.25, -0.2) is 0 Å². The van der Waals surface area contributed by atoms with Gasteiger partial charge in [-0.3, -0.25) is 0 Å². The van der Waals surface area contributed by atoms with E-state index in [0.29, 0.717) is 2.75 Å². The van der Waals surface area contributed by atoms with Crippen molar-refractivity contribution in [1.82, 2.24) is 0 Å². The molecular weight excluding hydrogens is 382 g/mol. The van der Waals surface area contributed by atoms with Gasteiger partial charge in [0.1, 0.15) is 0 Å². The predicted molar refractivity (Wildman–Crippen MR) is 77.9 cm³/mol. The van der Waals surface area contributed by atoms with Gasteiger partial charge in [0.15, 0.2) is 0 Å². The summed E-state index contributed by atoms with van der Waals surface area (Å²) < 4.78 is 2.47. The maximum atomic E-state index is 2.64. The predicted octanol–water partition coefficient (Wildman–Crippen LogP) is -0.993. The summed E-state index contributed by atoms with van der Waals surface area (Å²) >= 11 is -0.464. The molecule has 0 aromatic rings. The van der Waals surface area contributed by atoms with E-state index in [9.17, 15) is 0 Å². The Kier molecular flexibility index (Phi) is 7.26. The SMILES string of the molecule is CCC[Si]1([C]2([Zr+2][C]3=CC=CC3)C=CC=C2)CCC1.[Cl-].[Cl-]. The molecule has 2 aliphatic carbocycles. The first-order chi connectivity index (χ1) is 8.80. The smallest absolute Gasteiger partial charge is 1.00 e. The number of halogens is 2. The molecule has 0 atom stereocenters. The molecule has 1 aliphatic heterocycles. The van der Waals surface area contributed by atoms with Crippen molar-refractivity contribution >= 4 is 8.07 Å². The molecule has 0 aromatic carbocycles. The van der Waals surface area contributed by atoms with E-state index >= 15 is 0 Å². The molecule has 0 aromatic heterocycles. The minimum absolute atomic E-state index is 0. The van der Waals surface area contributed by atoms with Crippen molar-refractivity contribution in [1.29, 1.82) is 0 Å². The van der Waals surface area contributed by atoms with Crippen LogP contribution in [-0.4, -0.2) is 8.07 Å². The summed E-state index contributed by atoms with van der Waals surface area (Å²) in [6.45, 7) is 2.39. The summed E-state index contributed by atoms with van der Waals surface area (Å²) in [5.41, 5.74) is 0. The van der Waals surface area contributed by atoms with E-state index in [2.05, 4.69) is 49.5 Å². The standard InChI is InChI=1S/C11H17Si.C5H5.2ClH.Zr/c1-2-8-12(9-5-10-12)11-6-3-4-7-11;1-2-4-5-3-1;;;/h3-4,6-7H,2,5,8-10H2,1H3;1-3H,4H2;2*1H;/q;;;;+2/p-2. The van der Waals surface area contributed by atoms with Crippen LogP contribution in [0.4, 0.5) is 0 Å². The Balaban J connectivity index is 0.000001000. The summed E-state index contributed by atoms with van der Waals surface area (Å²) in [5.74, 6) is 0. The molecule has 0 unspecified atom stereocenters. The summed E-state index contributed by atoms with van der Waals surface area (Å²) in [7, 11) is -0.994. The van der Waals surface area contributed by atoms with Gasteiger partial charge in [0.05, 0.1) is 0 Å². The van der Waals surface area contributed by atoms with Gasteiger partial charge in [0.25, 0.3) is 0 Å². The molecule has 3 aliphatic rings. The van der Waals surface area contributed by atoms with E-state index < -0.39 is 31.3 Å². The maximum absolute atomic E-state index is 2.64. The third-order valence-electron chi connectivity index (χ3n) is 4.88. The quantitative estimate of drug-likeness (QED) is 0.516. The zero-order chi connectivity index (χ0) is 12.5. The van der Waals surface area contributed by atoms with Gasteiger partial charge in [0, 0.05) is 0 Å². The zero-order valence-electron chi connectivity index (χ0n) is 12.0. The Hall–Kier alpha value is 0.640. The number of hydrogen-bond acceptors (Lipinski definition) is 0. The minimum Gasteiger partial charge on any atom is -1.00 e. The maximum Gasteiger partial charge on any atom is -1.00 e. The Labute approximate surface area is 148 Å². The molecule has 1 fully saturated rings. The fraction of sp³-hybridized carbons (Fsp3) is 0.500. The Morgan fingerprint density at radius 3 is 2.30 bits per heavy atom. The number of hydrogen-bond donors (Lipinski definition) is 0. The molecule has 1 saturated heterocycles. The molecule has 0 spiro atoms. The fourth-order valence-corrected chi connectivity index (χ4v) is 17.7. The van der Waals surface area contributed by atoms with Crippen LogP contribution < -0.4 is 24.8 Å².